The van der Waals surface area contributed by atoms with Gasteiger partial charge < -0.3 is 14.3 Å². The van der Waals surface area contributed by atoms with Crippen molar-refractivity contribution in [3.63, 3.8) is 0 Å². The summed E-state index contributed by atoms with van der Waals surface area (Å²) in [6.45, 7) is 2.12. The van der Waals surface area contributed by atoms with Crippen LogP contribution in [0.4, 0.5) is 0 Å². The lowest BCUT2D eigenvalue weighted by molar-refractivity contribution is 0.273. The first kappa shape index (κ1) is 15.8. The summed E-state index contributed by atoms with van der Waals surface area (Å²) in [5.74, 6) is 0.117. The number of benzene rings is 2. The predicted molar refractivity (Wildman–Crippen MR) is 87.2 cm³/mol. The molecule has 1 heterocycles. The van der Waals surface area contributed by atoms with Crippen LogP contribution in [0.2, 0.25) is 5.02 Å². The van der Waals surface area contributed by atoms with Crippen LogP contribution in [0.1, 0.15) is 18.4 Å². The van der Waals surface area contributed by atoms with Gasteiger partial charge >= 0.3 is 0 Å². The lowest BCUT2D eigenvalue weighted by atomic mass is 10.0. The number of hydrogen-bond acceptors (Lipinski definition) is 3. The number of ether oxygens (including phenoxy) is 1. The molecule has 3 rings (SSSR count). The Kier molecular flexibility index (Phi) is 5.23. The Morgan fingerprint density at radius 1 is 1.10 bits per heavy atom. The highest BCUT2D eigenvalue weighted by molar-refractivity contribution is 6.31. The predicted octanol–water partition coefficient (Wildman–Crippen LogP) is 4.60. The van der Waals surface area contributed by atoms with Gasteiger partial charge in [-0.15, -0.1) is 0 Å². The minimum Gasteiger partial charge on any atom is -0.456 e. The molecule has 1 aromatic heterocycles. The quantitative estimate of drug-likeness (QED) is 0.752. The normalized spacial score (nSPS) is 12.2. The van der Waals surface area contributed by atoms with Crippen LogP contribution in [0.15, 0.2) is 40.8 Å². The zero-order valence-electron chi connectivity index (χ0n) is 12.4. The number of rotatable bonds is 2. The van der Waals surface area contributed by atoms with E-state index < -0.39 is 0 Å². The average molecular weight is 307 g/mol. The van der Waals surface area contributed by atoms with Crippen molar-refractivity contribution >= 4 is 33.5 Å². The van der Waals surface area contributed by atoms with Crippen molar-refractivity contribution in [2.24, 2.45) is 0 Å². The summed E-state index contributed by atoms with van der Waals surface area (Å²) in [6, 6.07) is 11.7. The SMILES string of the molecule is CC(CO)c1ccc2c(c1)oc1ccc(Cl)cc12.COC. The van der Waals surface area contributed by atoms with Crippen LogP contribution in [0.5, 0.6) is 0 Å². The Bertz CT molecular complexity index is 733. The van der Waals surface area contributed by atoms with Crippen LogP contribution in [-0.4, -0.2) is 25.9 Å². The van der Waals surface area contributed by atoms with E-state index in [1.165, 1.54) is 0 Å². The molecule has 3 aromatic rings. The van der Waals surface area contributed by atoms with E-state index in [2.05, 4.69) is 4.74 Å². The third-order valence-electron chi connectivity index (χ3n) is 3.30. The van der Waals surface area contributed by atoms with Gasteiger partial charge in [0.15, 0.2) is 0 Å². The number of aliphatic hydroxyl groups is 1. The van der Waals surface area contributed by atoms with Crippen LogP contribution in [0, 0.1) is 0 Å². The maximum Gasteiger partial charge on any atom is 0.135 e. The van der Waals surface area contributed by atoms with Crippen molar-refractivity contribution in [2.45, 2.75) is 12.8 Å². The van der Waals surface area contributed by atoms with E-state index in [0.717, 1.165) is 27.5 Å². The molecule has 21 heavy (non-hydrogen) atoms. The zero-order chi connectivity index (χ0) is 15.4. The topological polar surface area (TPSA) is 42.6 Å². The molecule has 1 atom stereocenters. The van der Waals surface area contributed by atoms with E-state index in [0.29, 0.717) is 5.02 Å². The Labute approximate surface area is 129 Å². The van der Waals surface area contributed by atoms with E-state index >= 15 is 0 Å². The van der Waals surface area contributed by atoms with Crippen molar-refractivity contribution in [3.8, 4) is 0 Å². The monoisotopic (exact) mass is 306 g/mol. The van der Waals surface area contributed by atoms with E-state index in [1.807, 2.05) is 43.3 Å². The van der Waals surface area contributed by atoms with Crippen LogP contribution in [-0.2, 0) is 4.74 Å². The van der Waals surface area contributed by atoms with Gasteiger partial charge in [0.05, 0.1) is 0 Å². The number of aliphatic hydroxyl groups excluding tert-OH is 1. The summed E-state index contributed by atoms with van der Waals surface area (Å²) in [6.07, 6.45) is 0. The molecule has 0 bridgehead atoms. The fraction of sp³-hybridized carbons (Fsp3) is 0.294. The Morgan fingerprint density at radius 2 is 1.81 bits per heavy atom. The smallest absolute Gasteiger partial charge is 0.135 e. The summed E-state index contributed by atoms with van der Waals surface area (Å²) in [4.78, 5) is 0. The Balaban J connectivity index is 0.000000497. The van der Waals surface area contributed by atoms with Crippen LogP contribution < -0.4 is 0 Å². The van der Waals surface area contributed by atoms with Gasteiger partial charge in [0, 0.05) is 42.5 Å². The maximum absolute atomic E-state index is 9.19. The van der Waals surface area contributed by atoms with Gasteiger partial charge in [0.2, 0.25) is 0 Å². The first-order chi connectivity index (χ1) is 10.1. The standard InChI is InChI=1S/C15H13ClO2.C2H6O/c1-9(8-17)10-2-4-12-13-7-11(16)3-5-14(13)18-15(12)6-10;1-3-2/h2-7,9,17H,8H2,1H3;1-2H3. The van der Waals surface area contributed by atoms with Gasteiger partial charge in [-0.05, 0) is 29.8 Å². The highest BCUT2D eigenvalue weighted by Gasteiger charge is 2.10. The fourth-order valence-electron chi connectivity index (χ4n) is 2.18. The first-order valence-corrected chi connectivity index (χ1v) is 7.11. The van der Waals surface area contributed by atoms with Gasteiger partial charge in [0.1, 0.15) is 11.2 Å². The third-order valence-corrected chi connectivity index (χ3v) is 3.54. The number of fused-ring (bicyclic) bond motifs is 3. The Hall–Kier alpha value is -1.55. The van der Waals surface area contributed by atoms with E-state index in [4.69, 9.17) is 16.0 Å². The van der Waals surface area contributed by atoms with Crippen molar-refractivity contribution in [2.75, 3.05) is 20.8 Å². The van der Waals surface area contributed by atoms with Crippen LogP contribution >= 0.6 is 11.6 Å². The van der Waals surface area contributed by atoms with Gasteiger partial charge in [0.25, 0.3) is 0 Å². The highest BCUT2D eigenvalue weighted by Crippen LogP contribution is 2.32. The molecule has 0 saturated carbocycles. The molecule has 3 nitrogen and oxygen atoms in total. The molecule has 2 aromatic carbocycles. The molecular formula is C17H19ClO3. The largest absolute Gasteiger partial charge is 0.456 e. The van der Waals surface area contributed by atoms with Crippen LogP contribution in [0.3, 0.4) is 0 Å². The minimum absolute atomic E-state index is 0.117. The lowest BCUT2D eigenvalue weighted by Crippen LogP contribution is -1.97. The summed E-state index contributed by atoms with van der Waals surface area (Å²) < 4.78 is 10.1. The first-order valence-electron chi connectivity index (χ1n) is 6.73. The molecule has 0 radical (unpaired) electrons. The molecule has 112 valence electrons. The summed E-state index contributed by atoms with van der Waals surface area (Å²) in [5.41, 5.74) is 2.75. The van der Waals surface area contributed by atoms with E-state index in [9.17, 15) is 5.11 Å². The van der Waals surface area contributed by atoms with Crippen LogP contribution in [0.25, 0.3) is 21.9 Å². The molecule has 4 heteroatoms. The van der Waals surface area contributed by atoms with Gasteiger partial charge in [-0.25, -0.2) is 0 Å². The molecule has 0 fully saturated rings. The number of methoxy groups -OCH3 is 1. The fourth-order valence-corrected chi connectivity index (χ4v) is 2.35. The van der Waals surface area contributed by atoms with E-state index in [1.54, 1.807) is 14.2 Å². The summed E-state index contributed by atoms with van der Waals surface area (Å²) in [5, 5.41) is 12.0. The zero-order valence-corrected chi connectivity index (χ0v) is 13.1. The van der Waals surface area contributed by atoms with Gasteiger partial charge in [-0.1, -0.05) is 30.7 Å². The van der Waals surface area contributed by atoms with Crippen molar-refractivity contribution in [1.29, 1.82) is 0 Å². The second-order valence-corrected chi connectivity index (χ2v) is 5.43. The number of hydrogen-bond donors (Lipinski definition) is 1. The average Bonchev–Trinajstić information content (AvgIpc) is 2.84. The molecule has 0 amide bonds. The van der Waals surface area contributed by atoms with Gasteiger partial charge in [-0.3, -0.25) is 0 Å². The maximum atomic E-state index is 9.19. The number of furan rings is 1. The molecule has 0 aliphatic rings. The Morgan fingerprint density at radius 3 is 2.48 bits per heavy atom. The molecule has 1 N–H and O–H groups in total. The molecule has 0 spiro atoms. The minimum atomic E-state index is 0.117. The molecular weight excluding hydrogens is 288 g/mol. The summed E-state index contributed by atoms with van der Waals surface area (Å²) in [7, 11) is 3.25. The molecule has 0 aliphatic carbocycles. The summed E-state index contributed by atoms with van der Waals surface area (Å²) >= 11 is 6.01. The van der Waals surface area contributed by atoms with Crippen molar-refractivity contribution < 1.29 is 14.3 Å². The highest BCUT2D eigenvalue weighted by atomic mass is 35.5. The second-order valence-electron chi connectivity index (χ2n) is 4.99. The number of halogens is 1. The molecule has 1 unspecified atom stereocenters. The lowest BCUT2D eigenvalue weighted by Gasteiger charge is -2.07. The second kappa shape index (κ2) is 6.94. The molecule has 0 saturated heterocycles. The van der Waals surface area contributed by atoms with E-state index in [-0.39, 0.29) is 12.5 Å². The third kappa shape index (κ3) is 3.38. The van der Waals surface area contributed by atoms with Crippen molar-refractivity contribution in [3.05, 3.63) is 47.0 Å². The van der Waals surface area contributed by atoms with Gasteiger partial charge in [-0.2, -0.15) is 0 Å². The van der Waals surface area contributed by atoms with Crippen molar-refractivity contribution in [1.82, 2.24) is 0 Å². The molecule has 0 aliphatic heterocycles.